The molecule has 26 heavy (non-hydrogen) atoms. The van der Waals surface area contributed by atoms with Crippen molar-refractivity contribution >= 4 is 5.96 Å². The Bertz CT molecular complexity index is 730. The Morgan fingerprint density at radius 3 is 2.15 bits per heavy atom. The molecule has 0 saturated heterocycles. The number of aliphatic imine (C=N–C) groups is 1. The zero-order valence-corrected chi connectivity index (χ0v) is 16.1. The lowest BCUT2D eigenvalue weighted by Crippen LogP contribution is -2.38. The van der Waals surface area contributed by atoms with Crippen LogP contribution in [0.3, 0.4) is 0 Å². The van der Waals surface area contributed by atoms with Gasteiger partial charge in [-0.15, -0.1) is 0 Å². The lowest BCUT2D eigenvalue weighted by Gasteiger charge is -2.22. The maximum atomic E-state index is 5.35. The molecule has 2 rings (SSSR count). The predicted octanol–water partition coefficient (Wildman–Crippen LogP) is 2.92. The summed E-state index contributed by atoms with van der Waals surface area (Å²) in [4.78, 5) is 6.43. The second-order valence-corrected chi connectivity index (χ2v) is 5.79. The third-order valence-corrected chi connectivity index (χ3v) is 4.05. The van der Waals surface area contributed by atoms with E-state index in [-0.39, 0.29) is 0 Å². The van der Waals surface area contributed by atoms with Gasteiger partial charge in [-0.05, 0) is 35.4 Å². The molecule has 0 heterocycles. The average Bonchev–Trinajstić information content (AvgIpc) is 2.68. The van der Waals surface area contributed by atoms with E-state index in [1.54, 1.807) is 28.4 Å². The Labute approximate surface area is 155 Å². The molecule has 0 fully saturated rings. The number of hydrogen-bond donors (Lipinski definition) is 1. The highest BCUT2D eigenvalue weighted by molar-refractivity contribution is 5.79. The Morgan fingerprint density at radius 2 is 1.58 bits per heavy atom. The quantitative estimate of drug-likeness (QED) is 0.610. The van der Waals surface area contributed by atoms with Gasteiger partial charge in [0, 0.05) is 27.2 Å². The van der Waals surface area contributed by atoms with Crippen LogP contribution in [0.2, 0.25) is 0 Å². The van der Waals surface area contributed by atoms with Crippen LogP contribution in [0, 0.1) is 0 Å². The number of ether oxygens (including phenoxy) is 3. The molecule has 0 aliphatic carbocycles. The van der Waals surface area contributed by atoms with Crippen LogP contribution >= 0.6 is 0 Å². The van der Waals surface area contributed by atoms with Gasteiger partial charge in [-0.2, -0.15) is 0 Å². The van der Waals surface area contributed by atoms with Gasteiger partial charge in [0.1, 0.15) is 5.75 Å². The fourth-order valence-corrected chi connectivity index (χ4v) is 2.64. The number of methoxy groups -OCH3 is 3. The summed E-state index contributed by atoms with van der Waals surface area (Å²) in [6, 6.07) is 13.9. The van der Waals surface area contributed by atoms with Crippen molar-refractivity contribution in [3.8, 4) is 17.2 Å². The molecule has 6 heteroatoms. The standard InChI is InChI=1S/C20H27N3O3/c1-21-20(23(2)14-15-6-9-17(24-3)10-7-15)22-13-16-8-11-18(25-4)19(12-16)26-5/h6-12H,13-14H2,1-5H3,(H,21,22). The Hall–Kier alpha value is -2.89. The molecule has 2 aromatic carbocycles. The molecule has 0 aliphatic rings. The third-order valence-electron chi connectivity index (χ3n) is 4.05. The highest BCUT2D eigenvalue weighted by Crippen LogP contribution is 2.27. The molecule has 0 unspecified atom stereocenters. The summed E-state index contributed by atoms with van der Waals surface area (Å²) in [7, 11) is 8.72. The molecule has 0 radical (unpaired) electrons. The van der Waals surface area contributed by atoms with Crippen molar-refractivity contribution in [3.05, 3.63) is 53.6 Å². The molecular formula is C20H27N3O3. The van der Waals surface area contributed by atoms with E-state index < -0.39 is 0 Å². The second kappa shape index (κ2) is 9.56. The highest BCUT2D eigenvalue weighted by Gasteiger charge is 2.09. The van der Waals surface area contributed by atoms with Crippen molar-refractivity contribution in [1.82, 2.24) is 10.2 Å². The Kier molecular flexibility index (Phi) is 7.14. The molecule has 140 valence electrons. The number of guanidine groups is 1. The monoisotopic (exact) mass is 357 g/mol. The van der Waals surface area contributed by atoms with Crippen LogP contribution in [0.1, 0.15) is 11.1 Å². The molecule has 0 amide bonds. The van der Waals surface area contributed by atoms with Crippen molar-refractivity contribution in [3.63, 3.8) is 0 Å². The summed E-state index contributed by atoms with van der Waals surface area (Å²) >= 11 is 0. The number of rotatable bonds is 7. The molecule has 6 nitrogen and oxygen atoms in total. The minimum absolute atomic E-state index is 0.639. The summed E-state index contributed by atoms with van der Waals surface area (Å²) in [5.74, 6) is 3.11. The number of hydrogen-bond acceptors (Lipinski definition) is 4. The molecule has 0 saturated carbocycles. The van der Waals surface area contributed by atoms with Gasteiger partial charge in [0.2, 0.25) is 0 Å². The summed E-state index contributed by atoms with van der Waals surface area (Å²) in [5.41, 5.74) is 2.27. The van der Waals surface area contributed by atoms with E-state index in [0.29, 0.717) is 12.3 Å². The maximum Gasteiger partial charge on any atom is 0.193 e. The van der Waals surface area contributed by atoms with Crippen LogP contribution in [-0.4, -0.2) is 46.3 Å². The van der Waals surface area contributed by atoms with Crippen molar-refractivity contribution in [2.75, 3.05) is 35.4 Å². The number of nitrogens with one attached hydrogen (secondary N) is 1. The number of nitrogens with zero attached hydrogens (tertiary/aromatic N) is 2. The zero-order valence-electron chi connectivity index (χ0n) is 16.1. The normalized spacial score (nSPS) is 11.0. The molecular weight excluding hydrogens is 330 g/mol. The van der Waals surface area contributed by atoms with E-state index in [9.17, 15) is 0 Å². The first kappa shape index (κ1) is 19.4. The van der Waals surface area contributed by atoms with E-state index >= 15 is 0 Å². The third kappa shape index (κ3) is 5.05. The van der Waals surface area contributed by atoms with Crippen molar-refractivity contribution in [2.45, 2.75) is 13.1 Å². The fraction of sp³-hybridized carbons (Fsp3) is 0.350. The van der Waals surface area contributed by atoms with Gasteiger partial charge in [-0.1, -0.05) is 18.2 Å². The first-order valence-corrected chi connectivity index (χ1v) is 8.37. The van der Waals surface area contributed by atoms with E-state index in [4.69, 9.17) is 14.2 Å². The lowest BCUT2D eigenvalue weighted by molar-refractivity contribution is 0.354. The van der Waals surface area contributed by atoms with Crippen LogP contribution in [-0.2, 0) is 13.1 Å². The van der Waals surface area contributed by atoms with Gasteiger partial charge >= 0.3 is 0 Å². The molecule has 0 aromatic heterocycles. The van der Waals surface area contributed by atoms with Gasteiger partial charge in [-0.3, -0.25) is 4.99 Å². The molecule has 0 bridgehead atoms. The molecule has 0 atom stereocenters. The van der Waals surface area contributed by atoms with Gasteiger partial charge < -0.3 is 24.4 Å². The summed E-state index contributed by atoms with van der Waals surface area (Å²) in [6.45, 7) is 1.38. The molecule has 1 N–H and O–H groups in total. The maximum absolute atomic E-state index is 5.35. The zero-order chi connectivity index (χ0) is 18.9. The van der Waals surface area contributed by atoms with Crippen LogP contribution in [0.25, 0.3) is 0 Å². The Morgan fingerprint density at radius 1 is 0.923 bits per heavy atom. The minimum atomic E-state index is 0.639. The van der Waals surface area contributed by atoms with E-state index in [1.807, 2.05) is 37.4 Å². The lowest BCUT2D eigenvalue weighted by atomic mass is 10.2. The minimum Gasteiger partial charge on any atom is -0.497 e. The van der Waals surface area contributed by atoms with Gasteiger partial charge in [0.25, 0.3) is 0 Å². The second-order valence-electron chi connectivity index (χ2n) is 5.79. The highest BCUT2D eigenvalue weighted by atomic mass is 16.5. The molecule has 0 aliphatic heterocycles. The van der Waals surface area contributed by atoms with Crippen molar-refractivity contribution in [1.29, 1.82) is 0 Å². The van der Waals surface area contributed by atoms with Crippen molar-refractivity contribution < 1.29 is 14.2 Å². The van der Waals surface area contributed by atoms with E-state index in [2.05, 4.69) is 27.3 Å². The van der Waals surface area contributed by atoms with Crippen molar-refractivity contribution in [2.24, 2.45) is 4.99 Å². The SMILES string of the molecule is CN=C(NCc1ccc(OC)c(OC)c1)N(C)Cc1ccc(OC)cc1. The summed E-state index contributed by atoms with van der Waals surface area (Å²) in [5, 5.41) is 3.37. The topological polar surface area (TPSA) is 55.3 Å². The predicted molar refractivity (Wildman–Crippen MR) is 104 cm³/mol. The first-order chi connectivity index (χ1) is 12.6. The van der Waals surface area contributed by atoms with Gasteiger partial charge in [0.05, 0.1) is 21.3 Å². The average molecular weight is 357 g/mol. The molecule has 0 spiro atoms. The number of benzene rings is 2. The van der Waals surface area contributed by atoms with E-state index in [0.717, 1.165) is 29.6 Å². The van der Waals surface area contributed by atoms with Crippen LogP contribution in [0.5, 0.6) is 17.2 Å². The van der Waals surface area contributed by atoms with Gasteiger partial charge in [0.15, 0.2) is 17.5 Å². The van der Waals surface area contributed by atoms with Crippen LogP contribution in [0.15, 0.2) is 47.5 Å². The summed E-state index contributed by atoms with van der Waals surface area (Å²) < 4.78 is 15.8. The summed E-state index contributed by atoms with van der Waals surface area (Å²) in [6.07, 6.45) is 0. The van der Waals surface area contributed by atoms with Crippen LogP contribution < -0.4 is 19.5 Å². The smallest absolute Gasteiger partial charge is 0.193 e. The largest absolute Gasteiger partial charge is 0.497 e. The fourth-order valence-electron chi connectivity index (χ4n) is 2.64. The van der Waals surface area contributed by atoms with Gasteiger partial charge in [-0.25, -0.2) is 0 Å². The van der Waals surface area contributed by atoms with E-state index in [1.165, 1.54) is 5.56 Å². The Balaban J connectivity index is 1.97. The molecule has 2 aromatic rings. The van der Waals surface area contributed by atoms with Crippen LogP contribution in [0.4, 0.5) is 0 Å². The first-order valence-electron chi connectivity index (χ1n) is 8.37.